The summed E-state index contributed by atoms with van der Waals surface area (Å²) >= 11 is 5.31. The van der Waals surface area contributed by atoms with Crippen molar-refractivity contribution in [3.8, 4) is 11.5 Å². The van der Waals surface area contributed by atoms with Crippen molar-refractivity contribution in [1.29, 1.82) is 0 Å². The lowest BCUT2D eigenvalue weighted by atomic mass is 10.2. The van der Waals surface area contributed by atoms with Gasteiger partial charge in [-0.1, -0.05) is 0 Å². The quantitative estimate of drug-likeness (QED) is 0.463. The normalized spacial score (nSPS) is 9.44. The Morgan fingerprint density at radius 1 is 1.12 bits per heavy atom. The van der Waals surface area contributed by atoms with E-state index in [1.807, 2.05) is 0 Å². The van der Waals surface area contributed by atoms with E-state index in [2.05, 4.69) is 4.74 Å². The number of rotatable bonds is 3. The minimum Gasteiger partial charge on any atom is -0.497 e. The number of ether oxygens (including phenoxy) is 3. The number of halogens is 1. The molecule has 6 heteroatoms. The second kappa shape index (κ2) is 5.37. The third kappa shape index (κ3) is 3.13. The molecule has 0 atom stereocenters. The Kier molecular flexibility index (Phi) is 4.13. The molecule has 0 aliphatic carbocycles. The number of hydrogen-bond donors (Lipinski definition) is 0. The van der Waals surface area contributed by atoms with Crippen molar-refractivity contribution >= 4 is 23.0 Å². The van der Waals surface area contributed by atoms with E-state index in [0.717, 1.165) is 0 Å². The van der Waals surface area contributed by atoms with Crippen LogP contribution in [0.1, 0.15) is 10.4 Å². The maximum atomic E-state index is 11.0. The van der Waals surface area contributed by atoms with Gasteiger partial charge < -0.3 is 14.2 Å². The van der Waals surface area contributed by atoms with Crippen LogP contribution < -0.4 is 9.47 Å². The maximum Gasteiger partial charge on any atom is 0.513 e. The Balaban J connectivity index is 3.04. The van der Waals surface area contributed by atoms with E-state index in [1.54, 1.807) is 0 Å². The van der Waals surface area contributed by atoms with Gasteiger partial charge >= 0.3 is 6.16 Å². The Labute approximate surface area is 96.9 Å². The summed E-state index contributed by atoms with van der Waals surface area (Å²) in [6.45, 7) is 0. The first-order valence-electron chi connectivity index (χ1n) is 4.21. The summed E-state index contributed by atoms with van der Waals surface area (Å²) in [6, 6.07) is 4.18. The first kappa shape index (κ1) is 12.3. The second-order valence-corrected chi connectivity index (χ2v) is 3.07. The SMILES string of the molecule is COC(=O)Oc1cc(OC)cc(C(=O)Cl)c1. The molecular formula is C10H9ClO5. The minimum atomic E-state index is -0.888. The van der Waals surface area contributed by atoms with Crippen molar-refractivity contribution in [2.75, 3.05) is 14.2 Å². The van der Waals surface area contributed by atoms with Crippen molar-refractivity contribution in [2.24, 2.45) is 0 Å². The minimum absolute atomic E-state index is 0.121. The molecule has 0 fully saturated rings. The first-order chi connectivity index (χ1) is 7.56. The molecule has 1 aromatic rings. The number of carbonyl (C=O) groups is 2. The molecule has 0 N–H and O–H groups in total. The van der Waals surface area contributed by atoms with E-state index in [9.17, 15) is 9.59 Å². The van der Waals surface area contributed by atoms with Gasteiger partial charge in [-0.25, -0.2) is 4.79 Å². The van der Waals surface area contributed by atoms with Crippen LogP contribution in [-0.2, 0) is 4.74 Å². The number of benzene rings is 1. The fraction of sp³-hybridized carbons (Fsp3) is 0.200. The highest BCUT2D eigenvalue weighted by molar-refractivity contribution is 6.67. The van der Waals surface area contributed by atoms with Gasteiger partial charge in [-0.05, 0) is 23.7 Å². The lowest BCUT2D eigenvalue weighted by molar-refractivity contribution is 0.107. The molecule has 0 aromatic heterocycles. The molecule has 0 aliphatic heterocycles. The standard InChI is InChI=1S/C10H9ClO5/c1-14-7-3-6(9(11)12)4-8(5-7)16-10(13)15-2/h3-5H,1-2H3. The van der Waals surface area contributed by atoms with Gasteiger partial charge in [-0.15, -0.1) is 0 Å². The van der Waals surface area contributed by atoms with Gasteiger partial charge in [-0.2, -0.15) is 0 Å². The fourth-order valence-electron chi connectivity index (χ4n) is 1.000. The summed E-state index contributed by atoms with van der Waals surface area (Å²) in [6.07, 6.45) is -0.888. The van der Waals surface area contributed by atoms with Gasteiger partial charge in [0.2, 0.25) is 0 Å². The lowest BCUT2D eigenvalue weighted by Gasteiger charge is -2.06. The van der Waals surface area contributed by atoms with Crippen molar-refractivity contribution in [1.82, 2.24) is 0 Å². The van der Waals surface area contributed by atoms with Crippen LogP contribution in [0.4, 0.5) is 4.79 Å². The third-order valence-electron chi connectivity index (χ3n) is 1.71. The zero-order chi connectivity index (χ0) is 12.1. The Morgan fingerprint density at radius 3 is 2.25 bits per heavy atom. The van der Waals surface area contributed by atoms with Gasteiger partial charge in [-0.3, -0.25) is 4.79 Å². The molecule has 0 saturated heterocycles. The van der Waals surface area contributed by atoms with E-state index < -0.39 is 11.4 Å². The Morgan fingerprint density at radius 2 is 1.75 bits per heavy atom. The lowest BCUT2D eigenvalue weighted by Crippen LogP contribution is -2.07. The van der Waals surface area contributed by atoms with Crippen LogP contribution in [0.15, 0.2) is 18.2 Å². The van der Waals surface area contributed by atoms with Crippen LogP contribution in [0.5, 0.6) is 11.5 Å². The molecule has 0 unspecified atom stereocenters. The van der Waals surface area contributed by atoms with E-state index in [1.165, 1.54) is 32.4 Å². The molecule has 1 aromatic carbocycles. The molecular weight excluding hydrogens is 236 g/mol. The van der Waals surface area contributed by atoms with Crippen LogP contribution in [-0.4, -0.2) is 25.6 Å². The first-order valence-corrected chi connectivity index (χ1v) is 4.59. The second-order valence-electron chi connectivity index (χ2n) is 2.73. The molecule has 16 heavy (non-hydrogen) atoms. The van der Waals surface area contributed by atoms with E-state index in [0.29, 0.717) is 5.75 Å². The van der Waals surface area contributed by atoms with Crippen molar-refractivity contribution in [3.05, 3.63) is 23.8 Å². The average Bonchev–Trinajstić information content (AvgIpc) is 2.28. The van der Waals surface area contributed by atoms with Gasteiger partial charge in [0.05, 0.1) is 14.2 Å². The summed E-state index contributed by atoms with van der Waals surface area (Å²) in [5, 5.41) is -0.673. The van der Waals surface area contributed by atoms with Crippen molar-refractivity contribution in [2.45, 2.75) is 0 Å². The van der Waals surface area contributed by atoms with Gasteiger partial charge in [0.1, 0.15) is 11.5 Å². The van der Waals surface area contributed by atoms with E-state index in [-0.39, 0.29) is 11.3 Å². The summed E-state index contributed by atoms with van der Waals surface area (Å²) in [7, 11) is 2.59. The van der Waals surface area contributed by atoms with Gasteiger partial charge in [0.15, 0.2) is 0 Å². The monoisotopic (exact) mass is 244 g/mol. The highest BCUT2D eigenvalue weighted by atomic mass is 35.5. The summed E-state index contributed by atoms with van der Waals surface area (Å²) in [5.74, 6) is 0.473. The van der Waals surface area contributed by atoms with Crippen molar-refractivity contribution in [3.63, 3.8) is 0 Å². The molecule has 5 nitrogen and oxygen atoms in total. The number of hydrogen-bond acceptors (Lipinski definition) is 5. The largest absolute Gasteiger partial charge is 0.513 e. The van der Waals surface area contributed by atoms with Crippen LogP contribution in [0.2, 0.25) is 0 Å². The Hall–Kier alpha value is -1.75. The van der Waals surface area contributed by atoms with Crippen LogP contribution >= 0.6 is 11.6 Å². The molecule has 0 radical (unpaired) electrons. The molecule has 0 amide bonds. The number of methoxy groups -OCH3 is 2. The zero-order valence-electron chi connectivity index (χ0n) is 8.65. The molecule has 0 aliphatic rings. The van der Waals surface area contributed by atoms with Gasteiger partial charge in [0.25, 0.3) is 5.24 Å². The molecule has 0 bridgehead atoms. The van der Waals surface area contributed by atoms with E-state index >= 15 is 0 Å². The summed E-state index contributed by atoms with van der Waals surface area (Å²) in [4.78, 5) is 21.8. The maximum absolute atomic E-state index is 11.0. The Bertz CT molecular complexity index is 416. The third-order valence-corrected chi connectivity index (χ3v) is 1.93. The topological polar surface area (TPSA) is 61.8 Å². The number of carbonyl (C=O) groups excluding carboxylic acids is 2. The average molecular weight is 245 g/mol. The highest BCUT2D eigenvalue weighted by Gasteiger charge is 2.10. The summed E-state index contributed by atoms with van der Waals surface area (Å²) in [5.41, 5.74) is 0.167. The predicted molar refractivity (Wildman–Crippen MR) is 56.2 cm³/mol. The van der Waals surface area contributed by atoms with Crippen LogP contribution in [0.25, 0.3) is 0 Å². The van der Waals surface area contributed by atoms with Crippen molar-refractivity contribution < 1.29 is 23.8 Å². The fourth-order valence-corrected chi connectivity index (χ4v) is 1.11. The zero-order valence-corrected chi connectivity index (χ0v) is 9.41. The highest BCUT2D eigenvalue weighted by Crippen LogP contribution is 2.24. The molecule has 0 heterocycles. The molecule has 86 valence electrons. The molecule has 0 spiro atoms. The molecule has 0 saturated carbocycles. The smallest absolute Gasteiger partial charge is 0.497 e. The molecule has 1 rings (SSSR count). The van der Waals surface area contributed by atoms with Gasteiger partial charge in [0, 0.05) is 11.6 Å². The van der Waals surface area contributed by atoms with E-state index in [4.69, 9.17) is 21.1 Å². The summed E-state index contributed by atoms with van der Waals surface area (Å²) < 4.78 is 14.0. The van der Waals surface area contributed by atoms with Crippen LogP contribution in [0.3, 0.4) is 0 Å². The van der Waals surface area contributed by atoms with Crippen LogP contribution in [0, 0.1) is 0 Å². The predicted octanol–water partition coefficient (Wildman–Crippen LogP) is 2.22.